The van der Waals surface area contributed by atoms with Crippen LogP contribution in [-0.4, -0.2) is 70.9 Å². The molecule has 0 spiro atoms. The fourth-order valence-corrected chi connectivity index (χ4v) is 3.16. The van der Waals surface area contributed by atoms with Gasteiger partial charge in [-0.2, -0.15) is 0 Å². The highest BCUT2D eigenvalue weighted by atomic mass is 16.2. The van der Waals surface area contributed by atoms with Crippen LogP contribution in [0.4, 0.5) is 4.79 Å². The molecule has 0 N–H and O–H groups in total. The maximum atomic E-state index is 12.5. The number of piperidine rings is 1. The van der Waals surface area contributed by atoms with E-state index in [9.17, 15) is 9.59 Å². The van der Waals surface area contributed by atoms with Gasteiger partial charge in [0, 0.05) is 51.2 Å². The van der Waals surface area contributed by atoms with Gasteiger partial charge in [0.25, 0.3) is 5.91 Å². The third-order valence-electron chi connectivity index (χ3n) is 4.62. The van der Waals surface area contributed by atoms with Gasteiger partial charge in [0.15, 0.2) is 0 Å². The second kappa shape index (κ2) is 6.98. The molecule has 0 aliphatic carbocycles. The lowest BCUT2D eigenvalue weighted by atomic mass is 10.1. The van der Waals surface area contributed by atoms with E-state index < -0.39 is 0 Å². The number of carbonyl (C=O) groups excluding carboxylic acids is 2. The van der Waals surface area contributed by atoms with Gasteiger partial charge < -0.3 is 14.7 Å². The van der Waals surface area contributed by atoms with Crippen molar-refractivity contribution < 1.29 is 9.59 Å². The van der Waals surface area contributed by atoms with Gasteiger partial charge in [0.05, 0.1) is 5.56 Å². The SMILES string of the molecule is Cc1ccc(C(=O)N2CCN(C(=O)N3CCCCC3)CC2)cn1. The number of hydrogen-bond acceptors (Lipinski definition) is 3. The highest BCUT2D eigenvalue weighted by Gasteiger charge is 2.28. The molecule has 0 atom stereocenters. The molecule has 1 aromatic rings. The Kier molecular flexibility index (Phi) is 4.79. The standard InChI is InChI=1S/C17H24N4O2/c1-14-5-6-15(13-18-14)16(22)19-9-11-21(12-10-19)17(23)20-7-3-2-4-8-20/h5-6,13H,2-4,7-12H2,1H3. The molecule has 0 unspecified atom stereocenters. The van der Waals surface area contributed by atoms with Crippen molar-refractivity contribution in [2.75, 3.05) is 39.3 Å². The van der Waals surface area contributed by atoms with E-state index in [-0.39, 0.29) is 11.9 Å². The molecular weight excluding hydrogens is 292 g/mol. The zero-order chi connectivity index (χ0) is 16.2. The number of nitrogens with zero attached hydrogens (tertiary/aromatic N) is 4. The molecule has 2 fully saturated rings. The van der Waals surface area contributed by atoms with Crippen LogP contribution in [0.2, 0.25) is 0 Å². The Labute approximate surface area is 137 Å². The Morgan fingerprint density at radius 2 is 1.48 bits per heavy atom. The van der Waals surface area contributed by atoms with Crippen LogP contribution in [0.5, 0.6) is 0 Å². The van der Waals surface area contributed by atoms with Crippen LogP contribution >= 0.6 is 0 Å². The second-order valence-corrected chi connectivity index (χ2v) is 6.30. The van der Waals surface area contributed by atoms with E-state index in [2.05, 4.69) is 4.98 Å². The van der Waals surface area contributed by atoms with Crippen molar-refractivity contribution in [3.63, 3.8) is 0 Å². The summed E-state index contributed by atoms with van der Waals surface area (Å²) in [6.07, 6.45) is 5.05. The molecule has 23 heavy (non-hydrogen) atoms. The van der Waals surface area contributed by atoms with E-state index in [0.717, 1.165) is 31.6 Å². The van der Waals surface area contributed by atoms with Gasteiger partial charge in [0.1, 0.15) is 0 Å². The summed E-state index contributed by atoms with van der Waals surface area (Å²) in [5, 5.41) is 0. The first kappa shape index (κ1) is 15.8. The molecule has 3 heterocycles. The van der Waals surface area contributed by atoms with E-state index in [1.807, 2.05) is 33.8 Å². The molecular formula is C17H24N4O2. The van der Waals surface area contributed by atoms with Crippen molar-refractivity contribution in [2.45, 2.75) is 26.2 Å². The number of aromatic nitrogens is 1. The average molecular weight is 316 g/mol. The fourth-order valence-electron chi connectivity index (χ4n) is 3.16. The zero-order valence-electron chi connectivity index (χ0n) is 13.7. The summed E-state index contributed by atoms with van der Waals surface area (Å²) >= 11 is 0. The number of likely N-dealkylation sites (tertiary alicyclic amines) is 1. The predicted octanol–water partition coefficient (Wildman–Crippen LogP) is 1.75. The minimum atomic E-state index is 0.00238. The normalized spacial score (nSPS) is 18.9. The maximum Gasteiger partial charge on any atom is 0.320 e. The Hall–Kier alpha value is -2.11. The summed E-state index contributed by atoms with van der Waals surface area (Å²) < 4.78 is 0. The maximum absolute atomic E-state index is 12.5. The van der Waals surface area contributed by atoms with Crippen molar-refractivity contribution in [1.82, 2.24) is 19.7 Å². The molecule has 0 aromatic carbocycles. The summed E-state index contributed by atoms with van der Waals surface area (Å²) in [6, 6.07) is 3.80. The number of pyridine rings is 1. The molecule has 6 heteroatoms. The lowest BCUT2D eigenvalue weighted by Crippen LogP contribution is -2.54. The minimum absolute atomic E-state index is 0.00238. The Balaban J connectivity index is 1.54. The van der Waals surface area contributed by atoms with Crippen LogP contribution in [0.15, 0.2) is 18.3 Å². The van der Waals surface area contributed by atoms with E-state index in [4.69, 9.17) is 0 Å². The predicted molar refractivity (Wildman–Crippen MR) is 87.3 cm³/mol. The van der Waals surface area contributed by atoms with Crippen molar-refractivity contribution in [2.24, 2.45) is 0 Å². The van der Waals surface area contributed by atoms with Crippen molar-refractivity contribution >= 4 is 11.9 Å². The number of piperazine rings is 1. The number of hydrogen-bond donors (Lipinski definition) is 0. The van der Waals surface area contributed by atoms with Crippen LogP contribution in [0.3, 0.4) is 0 Å². The summed E-state index contributed by atoms with van der Waals surface area (Å²) in [7, 11) is 0. The Morgan fingerprint density at radius 3 is 2.09 bits per heavy atom. The van der Waals surface area contributed by atoms with Crippen LogP contribution in [0, 0.1) is 6.92 Å². The largest absolute Gasteiger partial charge is 0.335 e. The number of urea groups is 1. The summed E-state index contributed by atoms with van der Waals surface area (Å²) in [6.45, 7) is 6.04. The fraction of sp³-hybridized carbons (Fsp3) is 0.588. The smallest absolute Gasteiger partial charge is 0.320 e. The number of carbonyl (C=O) groups is 2. The van der Waals surface area contributed by atoms with Crippen LogP contribution in [-0.2, 0) is 0 Å². The first-order valence-corrected chi connectivity index (χ1v) is 8.41. The molecule has 2 aliphatic heterocycles. The summed E-state index contributed by atoms with van der Waals surface area (Å²) in [5.41, 5.74) is 1.52. The van der Waals surface area contributed by atoms with Gasteiger partial charge in [0.2, 0.25) is 0 Å². The Morgan fingerprint density at radius 1 is 0.870 bits per heavy atom. The van der Waals surface area contributed by atoms with Crippen LogP contribution in [0.1, 0.15) is 35.3 Å². The highest BCUT2D eigenvalue weighted by molar-refractivity contribution is 5.94. The Bertz CT molecular complexity index is 558. The quantitative estimate of drug-likeness (QED) is 0.793. The molecule has 124 valence electrons. The monoisotopic (exact) mass is 316 g/mol. The minimum Gasteiger partial charge on any atom is -0.335 e. The molecule has 0 radical (unpaired) electrons. The topological polar surface area (TPSA) is 56.8 Å². The molecule has 3 rings (SSSR count). The number of rotatable bonds is 1. The molecule has 2 aliphatic rings. The number of amides is 3. The van der Waals surface area contributed by atoms with Gasteiger partial charge in [-0.1, -0.05) is 0 Å². The molecule has 0 bridgehead atoms. The van der Waals surface area contributed by atoms with Crippen LogP contribution < -0.4 is 0 Å². The van der Waals surface area contributed by atoms with Gasteiger partial charge in [-0.25, -0.2) is 4.79 Å². The second-order valence-electron chi connectivity index (χ2n) is 6.30. The van der Waals surface area contributed by atoms with Gasteiger partial charge >= 0.3 is 6.03 Å². The lowest BCUT2D eigenvalue weighted by molar-refractivity contribution is 0.0632. The lowest BCUT2D eigenvalue weighted by Gasteiger charge is -2.38. The van der Waals surface area contributed by atoms with E-state index in [0.29, 0.717) is 31.7 Å². The van der Waals surface area contributed by atoms with Crippen LogP contribution in [0.25, 0.3) is 0 Å². The summed E-state index contributed by atoms with van der Waals surface area (Å²) in [5.74, 6) is 0.00238. The van der Waals surface area contributed by atoms with E-state index in [1.54, 1.807) is 6.20 Å². The third-order valence-corrected chi connectivity index (χ3v) is 4.62. The molecule has 0 saturated carbocycles. The number of aryl methyl sites for hydroxylation is 1. The van der Waals surface area contributed by atoms with Gasteiger partial charge in [-0.05, 0) is 38.3 Å². The summed E-state index contributed by atoms with van der Waals surface area (Å²) in [4.78, 5) is 34.8. The molecule has 2 saturated heterocycles. The van der Waals surface area contributed by atoms with Crippen molar-refractivity contribution in [1.29, 1.82) is 0 Å². The first-order chi connectivity index (χ1) is 11.1. The van der Waals surface area contributed by atoms with Crippen molar-refractivity contribution in [3.05, 3.63) is 29.6 Å². The highest BCUT2D eigenvalue weighted by Crippen LogP contribution is 2.14. The molecule has 1 aromatic heterocycles. The van der Waals surface area contributed by atoms with Gasteiger partial charge in [-0.15, -0.1) is 0 Å². The zero-order valence-corrected chi connectivity index (χ0v) is 13.7. The van der Waals surface area contributed by atoms with Crippen molar-refractivity contribution in [3.8, 4) is 0 Å². The first-order valence-electron chi connectivity index (χ1n) is 8.41. The van der Waals surface area contributed by atoms with E-state index in [1.165, 1.54) is 6.42 Å². The third kappa shape index (κ3) is 3.63. The molecule has 6 nitrogen and oxygen atoms in total. The molecule has 3 amide bonds. The average Bonchev–Trinajstić information content (AvgIpc) is 2.62. The van der Waals surface area contributed by atoms with Gasteiger partial charge in [-0.3, -0.25) is 9.78 Å². The van der Waals surface area contributed by atoms with E-state index >= 15 is 0 Å².